The summed E-state index contributed by atoms with van der Waals surface area (Å²) in [6.45, 7) is 3.71. The van der Waals surface area contributed by atoms with Crippen molar-refractivity contribution in [2.24, 2.45) is 0 Å². The van der Waals surface area contributed by atoms with E-state index in [1.54, 1.807) is 0 Å². The van der Waals surface area contributed by atoms with Crippen molar-refractivity contribution in [2.45, 2.75) is 281 Å². The summed E-state index contributed by atoms with van der Waals surface area (Å²) in [6, 6.07) is -0.746. The van der Waals surface area contributed by atoms with Crippen LogP contribution in [0.5, 0.6) is 0 Å². The summed E-state index contributed by atoms with van der Waals surface area (Å²) in [5.74, 6) is -0.179. The zero-order valence-electron chi connectivity index (χ0n) is 47.1. The fourth-order valence-corrected chi connectivity index (χ4v) is 8.92. The Kier molecular flexibility index (Phi) is 49.6. The molecule has 1 rings (SSSR count). The number of carbonyl (C=O) groups excluding carboxylic acids is 1. The first kappa shape index (κ1) is 68.9. The lowest BCUT2D eigenvalue weighted by molar-refractivity contribution is -0.302. The van der Waals surface area contributed by atoms with Gasteiger partial charge in [-0.1, -0.05) is 258 Å². The van der Waals surface area contributed by atoms with Crippen LogP contribution < -0.4 is 5.32 Å². The number of allylic oxidation sites excluding steroid dienone is 18. The van der Waals surface area contributed by atoms with E-state index in [0.717, 1.165) is 103 Å². The molecule has 0 radical (unpaired) electrons. The Morgan fingerprint density at radius 3 is 1.23 bits per heavy atom. The largest absolute Gasteiger partial charge is 0.394 e. The van der Waals surface area contributed by atoms with Gasteiger partial charge in [0.1, 0.15) is 24.4 Å². The van der Waals surface area contributed by atoms with Crippen LogP contribution in [0.3, 0.4) is 0 Å². The molecule has 7 atom stereocenters. The fraction of sp³-hybridized carbons (Fsp3) is 0.708. The predicted octanol–water partition coefficient (Wildman–Crippen LogP) is 15.3. The monoisotopic (exact) mass is 1030 g/mol. The van der Waals surface area contributed by atoms with Crippen LogP contribution >= 0.6 is 0 Å². The maximum atomic E-state index is 13.1. The molecule has 1 aliphatic heterocycles. The third kappa shape index (κ3) is 42.0. The third-order valence-electron chi connectivity index (χ3n) is 13.6. The van der Waals surface area contributed by atoms with E-state index in [1.165, 1.54) is 109 Å². The molecular formula is C65H111NO8. The van der Waals surface area contributed by atoms with E-state index < -0.39 is 49.5 Å². The molecule has 0 aromatic rings. The molecule has 1 heterocycles. The highest BCUT2D eigenvalue weighted by atomic mass is 16.7. The zero-order valence-corrected chi connectivity index (χ0v) is 47.1. The summed E-state index contributed by atoms with van der Waals surface area (Å²) < 4.78 is 11.3. The molecule has 0 aromatic heterocycles. The molecule has 7 unspecified atom stereocenters. The van der Waals surface area contributed by atoms with E-state index in [0.29, 0.717) is 12.8 Å². The average Bonchev–Trinajstić information content (AvgIpc) is 3.40. The molecule has 9 nitrogen and oxygen atoms in total. The van der Waals surface area contributed by atoms with Gasteiger partial charge in [-0.05, 0) is 83.5 Å². The van der Waals surface area contributed by atoms with Crippen LogP contribution in [-0.4, -0.2) is 87.5 Å². The van der Waals surface area contributed by atoms with Crippen molar-refractivity contribution in [1.29, 1.82) is 0 Å². The summed E-state index contributed by atoms with van der Waals surface area (Å²) in [6.07, 6.45) is 71.1. The van der Waals surface area contributed by atoms with Crippen molar-refractivity contribution < 1.29 is 39.8 Å². The maximum absolute atomic E-state index is 13.1. The Balaban J connectivity index is 2.25. The van der Waals surface area contributed by atoms with Crippen LogP contribution in [-0.2, 0) is 14.3 Å². The van der Waals surface area contributed by atoms with Gasteiger partial charge in [0, 0.05) is 6.42 Å². The highest BCUT2D eigenvalue weighted by molar-refractivity contribution is 5.76. The first-order valence-corrected chi connectivity index (χ1v) is 30.1. The number of unbranched alkanes of at least 4 members (excludes halogenated alkanes) is 22. The lowest BCUT2D eigenvalue weighted by Gasteiger charge is -2.40. The number of hydrogen-bond acceptors (Lipinski definition) is 8. The van der Waals surface area contributed by atoms with Crippen LogP contribution in [0.1, 0.15) is 239 Å². The van der Waals surface area contributed by atoms with Crippen LogP contribution in [0.15, 0.2) is 109 Å². The van der Waals surface area contributed by atoms with Gasteiger partial charge in [0.05, 0.1) is 25.4 Å². The Morgan fingerprint density at radius 1 is 0.473 bits per heavy atom. The van der Waals surface area contributed by atoms with Gasteiger partial charge in [-0.15, -0.1) is 0 Å². The summed E-state index contributed by atoms with van der Waals surface area (Å²) in [5, 5.41) is 54.7. The molecule has 1 amide bonds. The molecular weight excluding hydrogens is 923 g/mol. The minimum atomic E-state index is -1.57. The number of nitrogens with one attached hydrogen (secondary N) is 1. The van der Waals surface area contributed by atoms with Gasteiger partial charge in [0.2, 0.25) is 5.91 Å². The van der Waals surface area contributed by atoms with E-state index in [1.807, 2.05) is 0 Å². The van der Waals surface area contributed by atoms with Crippen LogP contribution in [0.4, 0.5) is 0 Å². The lowest BCUT2D eigenvalue weighted by Crippen LogP contribution is -2.60. The van der Waals surface area contributed by atoms with Gasteiger partial charge < -0.3 is 40.3 Å². The van der Waals surface area contributed by atoms with E-state index in [-0.39, 0.29) is 12.5 Å². The summed E-state index contributed by atoms with van der Waals surface area (Å²) in [4.78, 5) is 13.1. The average molecular weight is 1030 g/mol. The van der Waals surface area contributed by atoms with Crippen molar-refractivity contribution in [3.05, 3.63) is 109 Å². The summed E-state index contributed by atoms with van der Waals surface area (Å²) in [5.41, 5.74) is 0. The first-order chi connectivity index (χ1) is 36.3. The molecule has 1 aliphatic rings. The molecule has 74 heavy (non-hydrogen) atoms. The fourth-order valence-electron chi connectivity index (χ4n) is 8.92. The Bertz CT molecular complexity index is 1530. The van der Waals surface area contributed by atoms with Gasteiger partial charge >= 0.3 is 0 Å². The molecule has 0 bridgehead atoms. The molecule has 0 saturated carbocycles. The number of rotatable bonds is 50. The minimum Gasteiger partial charge on any atom is -0.394 e. The molecule has 9 heteroatoms. The predicted molar refractivity (Wildman–Crippen MR) is 313 cm³/mol. The second-order valence-electron chi connectivity index (χ2n) is 20.4. The number of amides is 1. The minimum absolute atomic E-state index is 0.158. The molecule has 0 aromatic carbocycles. The van der Waals surface area contributed by atoms with Crippen molar-refractivity contribution in [3.8, 4) is 0 Å². The number of hydrogen-bond donors (Lipinski definition) is 6. The van der Waals surface area contributed by atoms with Crippen molar-refractivity contribution in [2.75, 3.05) is 13.2 Å². The van der Waals surface area contributed by atoms with E-state index in [4.69, 9.17) is 9.47 Å². The van der Waals surface area contributed by atoms with E-state index in [2.05, 4.69) is 129 Å². The smallest absolute Gasteiger partial charge is 0.220 e. The van der Waals surface area contributed by atoms with Crippen molar-refractivity contribution in [3.63, 3.8) is 0 Å². The number of aliphatic hydroxyl groups excluding tert-OH is 5. The number of carbonyl (C=O) groups is 1. The summed E-state index contributed by atoms with van der Waals surface area (Å²) >= 11 is 0. The van der Waals surface area contributed by atoms with E-state index in [9.17, 15) is 30.3 Å². The second kappa shape index (κ2) is 53.3. The van der Waals surface area contributed by atoms with Crippen LogP contribution in [0.2, 0.25) is 0 Å². The SMILES string of the molecule is CC/C=C\C/C=C\C/C=C\C/C=C\C/C=C\C/C=C\C/C=C\C/C=C\C/C=C\CCCCCC(=O)NC(COC1OC(CO)C(O)C(O)C1O)C(O)CCCCCCCCCCCCCCCCCCCCCC. The third-order valence-corrected chi connectivity index (χ3v) is 13.6. The van der Waals surface area contributed by atoms with Crippen LogP contribution in [0, 0.1) is 0 Å². The second-order valence-corrected chi connectivity index (χ2v) is 20.4. The Morgan fingerprint density at radius 2 is 0.838 bits per heavy atom. The molecule has 6 N–H and O–H groups in total. The molecule has 0 spiro atoms. The van der Waals surface area contributed by atoms with Gasteiger partial charge in [-0.3, -0.25) is 4.79 Å². The Hall–Kier alpha value is -3.15. The van der Waals surface area contributed by atoms with Gasteiger partial charge in [0.25, 0.3) is 0 Å². The van der Waals surface area contributed by atoms with Gasteiger partial charge in [0.15, 0.2) is 6.29 Å². The normalized spacial score (nSPS) is 19.8. The van der Waals surface area contributed by atoms with Crippen molar-refractivity contribution >= 4 is 5.91 Å². The molecule has 1 saturated heterocycles. The highest BCUT2D eigenvalue weighted by Gasteiger charge is 2.44. The van der Waals surface area contributed by atoms with Gasteiger partial charge in [-0.25, -0.2) is 0 Å². The molecule has 424 valence electrons. The number of aliphatic hydroxyl groups is 5. The van der Waals surface area contributed by atoms with E-state index >= 15 is 0 Å². The standard InChI is InChI=1S/C65H111NO8/c1-3-5-7-9-11-13-15-17-19-21-23-25-26-27-28-29-30-31-32-33-34-35-37-39-41-43-45-47-49-51-53-55-61(69)66-58(57-73-65-64(72)63(71)62(70)60(56-67)74-65)59(68)54-52-50-48-46-44-42-40-38-36-24-22-20-18-16-14-12-10-8-6-4-2/h5,7,11,13,17,19,23,25,27-28,30-31,33-34,37,39,43,45,58-60,62-65,67-68,70-72H,3-4,6,8-10,12,14-16,18,20-22,24,26,29,32,35-36,38,40-42,44,46-57H2,1-2H3,(H,66,69)/b7-5-,13-11-,19-17-,25-23-,28-27-,31-30-,34-33-,39-37-,45-43-. The van der Waals surface area contributed by atoms with Crippen LogP contribution in [0.25, 0.3) is 0 Å². The van der Waals surface area contributed by atoms with Crippen molar-refractivity contribution in [1.82, 2.24) is 5.32 Å². The quantitative estimate of drug-likeness (QED) is 0.0261. The zero-order chi connectivity index (χ0) is 53.6. The Labute approximate surface area is 453 Å². The maximum Gasteiger partial charge on any atom is 0.220 e. The lowest BCUT2D eigenvalue weighted by atomic mass is 9.99. The van der Waals surface area contributed by atoms with Gasteiger partial charge in [-0.2, -0.15) is 0 Å². The summed E-state index contributed by atoms with van der Waals surface area (Å²) in [7, 11) is 0. The topological polar surface area (TPSA) is 149 Å². The first-order valence-electron chi connectivity index (χ1n) is 30.1. The molecule has 0 aliphatic carbocycles. The highest BCUT2D eigenvalue weighted by Crippen LogP contribution is 2.23. The molecule has 1 fully saturated rings. The number of ether oxygens (including phenoxy) is 2.